The smallest absolute Gasteiger partial charge is 0.243 e. The van der Waals surface area contributed by atoms with Crippen molar-refractivity contribution >= 4 is 20.0 Å². The highest BCUT2D eigenvalue weighted by molar-refractivity contribution is 7.89. The van der Waals surface area contributed by atoms with E-state index in [1.54, 1.807) is 0 Å². The summed E-state index contributed by atoms with van der Waals surface area (Å²) in [6, 6.07) is 14.6. The van der Waals surface area contributed by atoms with Crippen molar-refractivity contribution in [2.45, 2.75) is 42.5 Å². The lowest BCUT2D eigenvalue weighted by atomic mass is 9.90. The Hall–Kier alpha value is -1.78. The molecule has 9 heteroatoms. The predicted octanol–water partition coefficient (Wildman–Crippen LogP) is 3.16. The standard InChI is InChI=1S/C22H30N2O5S2/c1-3-18(4-2)22(19-8-6-5-7-9-19)23-30(25,26)20-10-12-21(13-11-20)31(27,28)24-14-16-29-17-15-24/h5-13,18,22-23H,3-4,14-17H2,1-2H3. The zero-order valence-electron chi connectivity index (χ0n) is 17.9. The zero-order chi connectivity index (χ0) is 22.5. The van der Waals surface area contributed by atoms with E-state index in [1.165, 1.54) is 28.6 Å². The molecule has 0 spiro atoms. The number of nitrogens with one attached hydrogen (secondary N) is 1. The first-order valence-corrected chi connectivity index (χ1v) is 13.5. The number of hydrogen-bond donors (Lipinski definition) is 1. The Morgan fingerprint density at radius 1 is 0.871 bits per heavy atom. The van der Waals surface area contributed by atoms with E-state index in [4.69, 9.17) is 4.74 Å². The van der Waals surface area contributed by atoms with Gasteiger partial charge >= 0.3 is 0 Å². The van der Waals surface area contributed by atoms with E-state index in [9.17, 15) is 16.8 Å². The number of hydrogen-bond acceptors (Lipinski definition) is 5. The predicted molar refractivity (Wildman–Crippen MR) is 120 cm³/mol. The van der Waals surface area contributed by atoms with Crippen molar-refractivity contribution in [3.8, 4) is 0 Å². The van der Waals surface area contributed by atoms with E-state index in [0.29, 0.717) is 13.2 Å². The fourth-order valence-corrected chi connectivity index (χ4v) is 6.52. The molecule has 1 unspecified atom stereocenters. The van der Waals surface area contributed by atoms with Gasteiger partial charge in [0, 0.05) is 19.1 Å². The summed E-state index contributed by atoms with van der Waals surface area (Å²) < 4.78 is 61.2. The van der Waals surface area contributed by atoms with Crippen molar-refractivity contribution in [2.75, 3.05) is 26.3 Å². The molecule has 1 aliphatic rings. The van der Waals surface area contributed by atoms with Gasteiger partial charge < -0.3 is 4.74 Å². The highest BCUT2D eigenvalue weighted by Gasteiger charge is 2.29. The lowest BCUT2D eigenvalue weighted by molar-refractivity contribution is 0.0730. The molecule has 0 radical (unpaired) electrons. The maximum atomic E-state index is 13.1. The van der Waals surface area contributed by atoms with Crippen molar-refractivity contribution in [3.63, 3.8) is 0 Å². The van der Waals surface area contributed by atoms with E-state index in [2.05, 4.69) is 4.72 Å². The maximum absolute atomic E-state index is 13.1. The number of benzene rings is 2. The van der Waals surface area contributed by atoms with Crippen LogP contribution in [0.3, 0.4) is 0 Å². The minimum absolute atomic E-state index is 0.0420. The summed E-state index contributed by atoms with van der Waals surface area (Å²) >= 11 is 0. The van der Waals surface area contributed by atoms with Crippen molar-refractivity contribution < 1.29 is 21.6 Å². The summed E-state index contributed by atoms with van der Waals surface area (Å²) in [7, 11) is -7.51. The number of morpholine rings is 1. The molecule has 0 bridgehead atoms. The van der Waals surface area contributed by atoms with Crippen LogP contribution >= 0.6 is 0 Å². The quantitative estimate of drug-likeness (QED) is 0.613. The van der Waals surface area contributed by atoms with Crippen LogP contribution in [0.1, 0.15) is 38.3 Å². The highest BCUT2D eigenvalue weighted by atomic mass is 32.2. The van der Waals surface area contributed by atoms with Gasteiger partial charge in [-0.3, -0.25) is 0 Å². The average Bonchev–Trinajstić information content (AvgIpc) is 2.80. The van der Waals surface area contributed by atoms with Crippen LogP contribution in [0.15, 0.2) is 64.4 Å². The summed E-state index contributed by atoms with van der Waals surface area (Å²) in [5.41, 5.74) is 0.909. The third-order valence-electron chi connectivity index (χ3n) is 5.70. The molecule has 0 aromatic heterocycles. The van der Waals surface area contributed by atoms with E-state index < -0.39 is 20.0 Å². The monoisotopic (exact) mass is 466 g/mol. The molecule has 2 aromatic carbocycles. The van der Waals surface area contributed by atoms with Crippen molar-refractivity contribution in [1.29, 1.82) is 0 Å². The van der Waals surface area contributed by atoms with Crippen LogP contribution in [0.5, 0.6) is 0 Å². The first-order chi connectivity index (χ1) is 14.8. The highest BCUT2D eigenvalue weighted by Crippen LogP contribution is 2.29. The van der Waals surface area contributed by atoms with Crippen molar-refractivity contribution in [1.82, 2.24) is 9.03 Å². The molecule has 7 nitrogen and oxygen atoms in total. The van der Waals surface area contributed by atoms with Crippen LogP contribution < -0.4 is 4.72 Å². The van der Waals surface area contributed by atoms with Crippen molar-refractivity contribution in [3.05, 3.63) is 60.2 Å². The molecule has 31 heavy (non-hydrogen) atoms. The zero-order valence-corrected chi connectivity index (χ0v) is 19.5. The Bertz CT molecular complexity index is 1040. The Morgan fingerprint density at radius 3 is 1.97 bits per heavy atom. The Balaban J connectivity index is 1.85. The number of sulfonamides is 2. The lowest BCUT2D eigenvalue weighted by Gasteiger charge is -2.27. The molecule has 170 valence electrons. The minimum Gasteiger partial charge on any atom is -0.379 e. The van der Waals surface area contributed by atoms with Gasteiger partial charge in [0.05, 0.1) is 23.0 Å². The van der Waals surface area contributed by atoms with Gasteiger partial charge in [0.15, 0.2) is 0 Å². The topological polar surface area (TPSA) is 92.8 Å². The molecule has 1 N–H and O–H groups in total. The normalized spacial score (nSPS) is 17.0. The minimum atomic E-state index is -3.84. The molecule has 0 amide bonds. The van der Waals surface area contributed by atoms with Gasteiger partial charge in [-0.2, -0.15) is 4.31 Å². The Labute approximate surface area is 185 Å². The Kier molecular flexibility index (Phi) is 7.87. The summed E-state index contributed by atoms with van der Waals surface area (Å²) in [5, 5.41) is 0. The maximum Gasteiger partial charge on any atom is 0.243 e. The van der Waals surface area contributed by atoms with Gasteiger partial charge in [-0.05, 0) is 35.7 Å². The molecular formula is C22H30N2O5S2. The van der Waals surface area contributed by atoms with Gasteiger partial charge in [-0.1, -0.05) is 57.0 Å². The third kappa shape index (κ3) is 5.53. The summed E-state index contributed by atoms with van der Waals surface area (Å²) in [4.78, 5) is 0.119. The molecule has 1 heterocycles. The molecule has 1 fully saturated rings. The number of rotatable bonds is 9. The van der Waals surface area contributed by atoms with Gasteiger partial charge in [0.1, 0.15) is 0 Å². The summed E-state index contributed by atoms with van der Waals surface area (Å²) in [6.07, 6.45) is 1.66. The summed E-state index contributed by atoms with van der Waals surface area (Å²) in [5.74, 6) is 0.137. The van der Waals surface area contributed by atoms with Gasteiger partial charge in [-0.15, -0.1) is 0 Å². The number of nitrogens with zero attached hydrogens (tertiary/aromatic N) is 1. The van der Waals surface area contributed by atoms with Gasteiger partial charge in [0.25, 0.3) is 0 Å². The largest absolute Gasteiger partial charge is 0.379 e. The van der Waals surface area contributed by atoms with E-state index in [1.807, 2.05) is 44.2 Å². The van der Waals surface area contributed by atoms with E-state index >= 15 is 0 Å². The van der Waals surface area contributed by atoms with Crippen LogP contribution in [-0.2, 0) is 24.8 Å². The molecular weight excluding hydrogens is 436 g/mol. The second-order valence-electron chi connectivity index (χ2n) is 7.57. The molecule has 0 aliphatic carbocycles. The van der Waals surface area contributed by atoms with Crippen LogP contribution in [0.25, 0.3) is 0 Å². The SMILES string of the molecule is CCC(CC)C(NS(=O)(=O)c1ccc(S(=O)(=O)N2CCOCC2)cc1)c1ccccc1. The van der Waals surface area contributed by atoms with Crippen LogP contribution in [0, 0.1) is 5.92 Å². The van der Waals surface area contributed by atoms with Crippen LogP contribution in [0.2, 0.25) is 0 Å². The second kappa shape index (κ2) is 10.2. The summed E-state index contributed by atoms with van der Waals surface area (Å²) in [6.45, 7) is 5.38. The number of ether oxygens (including phenoxy) is 1. The molecule has 1 aliphatic heterocycles. The van der Waals surface area contributed by atoms with Gasteiger partial charge in [-0.25, -0.2) is 21.6 Å². The molecule has 1 atom stereocenters. The molecule has 0 saturated carbocycles. The molecule has 2 aromatic rings. The lowest BCUT2D eigenvalue weighted by Crippen LogP contribution is -2.40. The fourth-order valence-electron chi connectivity index (χ4n) is 3.82. The van der Waals surface area contributed by atoms with Gasteiger partial charge in [0.2, 0.25) is 20.0 Å². The van der Waals surface area contributed by atoms with Crippen LogP contribution in [-0.4, -0.2) is 47.4 Å². The van der Waals surface area contributed by atoms with Crippen molar-refractivity contribution in [2.24, 2.45) is 5.92 Å². The average molecular weight is 467 g/mol. The second-order valence-corrected chi connectivity index (χ2v) is 11.2. The Morgan fingerprint density at radius 2 is 1.42 bits per heavy atom. The fraction of sp³-hybridized carbons (Fsp3) is 0.455. The third-order valence-corrected chi connectivity index (χ3v) is 9.07. The van der Waals surface area contributed by atoms with Crippen LogP contribution in [0.4, 0.5) is 0 Å². The first kappa shape index (κ1) is 23.9. The molecule has 3 rings (SSSR count). The first-order valence-electron chi connectivity index (χ1n) is 10.5. The van der Waals surface area contributed by atoms with E-state index in [0.717, 1.165) is 18.4 Å². The molecule has 1 saturated heterocycles. The van der Waals surface area contributed by atoms with E-state index in [-0.39, 0.29) is 34.8 Å².